The quantitative estimate of drug-likeness (QED) is 0.645. The molecular weight excluding hydrogens is 300 g/mol. The summed E-state index contributed by atoms with van der Waals surface area (Å²) in [5.41, 5.74) is 0.898. The lowest BCUT2D eigenvalue weighted by molar-refractivity contribution is -0.181. The van der Waals surface area contributed by atoms with Crippen LogP contribution in [0.25, 0.3) is 0 Å². The van der Waals surface area contributed by atoms with E-state index >= 15 is 0 Å². The molecule has 1 N–H and O–H groups in total. The van der Waals surface area contributed by atoms with Crippen molar-refractivity contribution >= 4 is 11.8 Å². The molecule has 4 heteroatoms. The molecule has 4 nitrogen and oxygen atoms in total. The Labute approximate surface area is 144 Å². The van der Waals surface area contributed by atoms with Crippen LogP contribution in [-0.4, -0.2) is 35.3 Å². The molecule has 1 aliphatic heterocycles. The lowest BCUT2D eigenvalue weighted by atomic mass is 9.68. The van der Waals surface area contributed by atoms with Crippen molar-refractivity contribution in [2.45, 2.75) is 64.5 Å². The fourth-order valence-corrected chi connectivity index (χ4v) is 4.34. The highest BCUT2D eigenvalue weighted by atomic mass is 16.2. The van der Waals surface area contributed by atoms with Crippen molar-refractivity contribution in [3.63, 3.8) is 0 Å². The largest absolute Gasteiger partial charge is 0.354 e. The molecule has 0 bridgehead atoms. The maximum absolute atomic E-state index is 12.8. The zero-order valence-electron chi connectivity index (χ0n) is 14.8. The van der Waals surface area contributed by atoms with Crippen LogP contribution in [0.1, 0.15) is 51.5 Å². The number of hydrogen-bond acceptors (Lipinski definition) is 2. The number of carbonyl (C=O) groups is 2. The molecule has 0 radical (unpaired) electrons. The number of amides is 2. The van der Waals surface area contributed by atoms with Gasteiger partial charge in [0.05, 0.1) is 5.41 Å². The van der Waals surface area contributed by atoms with E-state index in [9.17, 15) is 9.59 Å². The number of carbonyl (C=O) groups excluding carboxylic acids is 2. The first kappa shape index (κ1) is 17.0. The second-order valence-corrected chi connectivity index (χ2v) is 7.45. The molecule has 2 amide bonds. The summed E-state index contributed by atoms with van der Waals surface area (Å²) in [6, 6.07) is 10.1. The predicted molar refractivity (Wildman–Crippen MR) is 94.4 cm³/mol. The molecule has 0 aromatic heterocycles. The SMILES string of the molecule is CC(C)N1C(=O)C2(CCCC2)C1C(=O)NCCCc1ccccc1. The number of β-lactam (4-membered cyclic amide) rings is 1. The van der Waals surface area contributed by atoms with Gasteiger partial charge in [0.2, 0.25) is 11.8 Å². The lowest BCUT2D eigenvalue weighted by Crippen LogP contribution is -2.74. The summed E-state index contributed by atoms with van der Waals surface area (Å²) in [5, 5.41) is 3.08. The lowest BCUT2D eigenvalue weighted by Gasteiger charge is -2.55. The maximum atomic E-state index is 12.8. The standard InChI is InChI=1S/C20H28N2O2/c1-15(2)22-17(20(19(22)24)12-6-7-13-20)18(23)21-14-8-11-16-9-4-3-5-10-16/h3-5,9-10,15,17H,6-8,11-14H2,1-2H3,(H,21,23). The minimum atomic E-state index is -0.395. The van der Waals surface area contributed by atoms with Gasteiger partial charge in [-0.05, 0) is 45.1 Å². The van der Waals surface area contributed by atoms with Gasteiger partial charge < -0.3 is 10.2 Å². The fourth-order valence-electron chi connectivity index (χ4n) is 4.34. The molecule has 130 valence electrons. The first-order valence-electron chi connectivity index (χ1n) is 9.21. The van der Waals surface area contributed by atoms with Crippen LogP contribution in [0.5, 0.6) is 0 Å². The average Bonchev–Trinajstić information content (AvgIpc) is 3.08. The van der Waals surface area contributed by atoms with Crippen molar-refractivity contribution in [1.29, 1.82) is 0 Å². The first-order chi connectivity index (χ1) is 11.6. The van der Waals surface area contributed by atoms with Gasteiger partial charge in [-0.2, -0.15) is 0 Å². The van der Waals surface area contributed by atoms with E-state index in [1.165, 1.54) is 5.56 Å². The Balaban J connectivity index is 1.55. The second kappa shape index (κ2) is 6.96. The van der Waals surface area contributed by atoms with Gasteiger partial charge in [0.1, 0.15) is 6.04 Å². The molecular formula is C20H28N2O2. The van der Waals surface area contributed by atoms with Gasteiger partial charge in [-0.1, -0.05) is 43.2 Å². The van der Waals surface area contributed by atoms with Crippen LogP contribution < -0.4 is 5.32 Å². The molecule has 1 aromatic carbocycles. The molecule has 1 atom stereocenters. The van der Waals surface area contributed by atoms with Crippen molar-refractivity contribution in [3.8, 4) is 0 Å². The van der Waals surface area contributed by atoms with Crippen LogP contribution in [0.3, 0.4) is 0 Å². The molecule has 3 rings (SSSR count). The van der Waals surface area contributed by atoms with Crippen LogP contribution in [0.2, 0.25) is 0 Å². The highest BCUT2D eigenvalue weighted by Crippen LogP contribution is 2.52. The average molecular weight is 328 g/mol. The topological polar surface area (TPSA) is 49.4 Å². The van der Waals surface area contributed by atoms with Crippen LogP contribution >= 0.6 is 0 Å². The molecule has 1 saturated carbocycles. The number of nitrogens with zero attached hydrogens (tertiary/aromatic N) is 1. The van der Waals surface area contributed by atoms with E-state index in [2.05, 4.69) is 17.4 Å². The number of likely N-dealkylation sites (tertiary alicyclic amines) is 1. The van der Waals surface area contributed by atoms with Gasteiger partial charge in [0.25, 0.3) is 0 Å². The van der Waals surface area contributed by atoms with E-state index in [0.29, 0.717) is 6.54 Å². The van der Waals surface area contributed by atoms with Gasteiger partial charge >= 0.3 is 0 Å². The molecule has 1 aromatic rings. The van der Waals surface area contributed by atoms with Crippen molar-refractivity contribution in [1.82, 2.24) is 10.2 Å². The Kier molecular flexibility index (Phi) is 4.93. The van der Waals surface area contributed by atoms with E-state index in [1.807, 2.05) is 32.0 Å². The monoisotopic (exact) mass is 328 g/mol. The van der Waals surface area contributed by atoms with E-state index in [4.69, 9.17) is 0 Å². The Morgan fingerprint density at radius 1 is 1.25 bits per heavy atom. The van der Waals surface area contributed by atoms with Crippen LogP contribution in [-0.2, 0) is 16.0 Å². The Morgan fingerprint density at radius 3 is 2.54 bits per heavy atom. The van der Waals surface area contributed by atoms with E-state index < -0.39 is 5.41 Å². The Hall–Kier alpha value is -1.84. The third kappa shape index (κ3) is 2.94. The van der Waals surface area contributed by atoms with Crippen LogP contribution in [0.4, 0.5) is 0 Å². The van der Waals surface area contributed by atoms with Gasteiger partial charge in [-0.3, -0.25) is 9.59 Å². The zero-order valence-corrected chi connectivity index (χ0v) is 14.8. The summed E-state index contributed by atoms with van der Waals surface area (Å²) in [6.45, 7) is 4.66. The highest BCUT2D eigenvalue weighted by molar-refractivity contribution is 6.02. The predicted octanol–water partition coefficient (Wildman–Crippen LogP) is 2.92. The number of nitrogens with one attached hydrogen (secondary N) is 1. The second-order valence-electron chi connectivity index (χ2n) is 7.45. The normalized spacial score (nSPS) is 22.0. The summed E-state index contributed by atoms with van der Waals surface area (Å²) in [7, 11) is 0. The van der Waals surface area contributed by atoms with Gasteiger partial charge in [0.15, 0.2) is 0 Å². The molecule has 1 spiro atoms. The van der Waals surface area contributed by atoms with Crippen LogP contribution in [0.15, 0.2) is 30.3 Å². The van der Waals surface area contributed by atoms with Crippen LogP contribution in [0, 0.1) is 5.41 Å². The summed E-state index contributed by atoms with van der Waals surface area (Å²) < 4.78 is 0. The molecule has 1 aliphatic carbocycles. The fraction of sp³-hybridized carbons (Fsp3) is 0.600. The number of benzene rings is 1. The maximum Gasteiger partial charge on any atom is 0.243 e. The first-order valence-corrected chi connectivity index (χ1v) is 9.21. The summed E-state index contributed by atoms with van der Waals surface area (Å²) >= 11 is 0. The molecule has 1 saturated heterocycles. The van der Waals surface area contributed by atoms with Gasteiger partial charge in [-0.25, -0.2) is 0 Å². The van der Waals surface area contributed by atoms with E-state index in [0.717, 1.165) is 38.5 Å². The molecule has 24 heavy (non-hydrogen) atoms. The third-order valence-electron chi connectivity index (χ3n) is 5.55. The van der Waals surface area contributed by atoms with Crippen molar-refractivity contribution in [2.75, 3.05) is 6.54 Å². The third-order valence-corrected chi connectivity index (χ3v) is 5.55. The Morgan fingerprint density at radius 2 is 1.92 bits per heavy atom. The van der Waals surface area contributed by atoms with E-state index in [1.54, 1.807) is 4.90 Å². The smallest absolute Gasteiger partial charge is 0.243 e. The minimum Gasteiger partial charge on any atom is -0.354 e. The summed E-state index contributed by atoms with van der Waals surface area (Å²) in [5.74, 6) is 0.234. The van der Waals surface area contributed by atoms with Crippen molar-refractivity contribution in [2.24, 2.45) is 5.41 Å². The highest BCUT2D eigenvalue weighted by Gasteiger charge is 2.64. The summed E-state index contributed by atoms with van der Waals surface area (Å²) in [6.07, 6.45) is 5.76. The molecule has 1 heterocycles. The molecule has 2 aliphatic rings. The molecule has 2 fully saturated rings. The number of rotatable bonds is 6. The zero-order chi connectivity index (χ0) is 17.2. The summed E-state index contributed by atoms with van der Waals surface area (Å²) in [4.78, 5) is 27.1. The Bertz CT molecular complexity index is 591. The van der Waals surface area contributed by atoms with E-state index in [-0.39, 0.29) is 23.9 Å². The molecule has 1 unspecified atom stereocenters. The van der Waals surface area contributed by atoms with Crippen molar-refractivity contribution < 1.29 is 9.59 Å². The minimum absolute atomic E-state index is 0.0401. The number of aryl methyl sites for hydroxylation is 1. The van der Waals surface area contributed by atoms with Gasteiger partial charge in [-0.15, -0.1) is 0 Å². The van der Waals surface area contributed by atoms with Gasteiger partial charge in [0, 0.05) is 12.6 Å². The van der Waals surface area contributed by atoms with Crippen molar-refractivity contribution in [3.05, 3.63) is 35.9 Å². The number of hydrogen-bond donors (Lipinski definition) is 1.